The molecule has 78 valence electrons. The van der Waals surface area contributed by atoms with Gasteiger partial charge >= 0.3 is 0 Å². The maximum Gasteiger partial charge on any atom is 0.154 e. The van der Waals surface area contributed by atoms with E-state index in [2.05, 4.69) is 0 Å². The van der Waals surface area contributed by atoms with Crippen molar-refractivity contribution in [2.45, 2.75) is 18.9 Å². The smallest absolute Gasteiger partial charge is 0.154 e. The van der Waals surface area contributed by atoms with Crippen LogP contribution < -0.4 is 4.74 Å². The highest BCUT2D eigenvalue weighted by Gasteiger charge is 2.28. The predicted octanol–water partition coefficient (Wildman–Crippen LogP) is 1.20. The standard InChI is InChI=1S/C11H16O3/c1-2-11(8-12,9-13)14-10-6-4-3-5-7-10/h3-7,12-13H,2,8-9H2,1H3. The van der Waals surface area contributed by atoms with Crippen LogP contribution in [0, 0.1) is 0 Å². The minimum absolute atomic E-state index is 0.186. The molecule has 0 amide bonds. The summed E-state index contributed by atoms with van der Waals surface area (Å²) in [6.45, 7) is 1.50. The Kier molecular flexibility index (Phi) is 3.92. The van der Waals surface area contributed by atoms with Gasteiger partial charge in [-0.05, 0) is 18.6 Å². The minimum atomic E-state index is -0.860. The minimum Gasteiger partial charge on any atom is -0.482 e. The number of hydrogen-bond donors (Lipinski definition) is 2. The fourth-order valence-corrected chi connectivity index (χ4v) is 1.15. The Hall–Kier alpha value is -1.06. The molecule has 0 atom stereocenters. The van der Waals surface area contributed by atoms with Gasteiger partial charge < -0.3 is 14.9 Å². The second-order valence-corrected chi connectivity index (χ2v) is 3.27. The fraction of sp³-hybridized carbons (Fsp3) is 0.455. The van der Waals surface area contributed by atoms with Gasteiger partial charge in [0.05, 0.1) is 13.2 Å². The molecule has 0 aromatic heterocycles. The monoisotopic (exact) mass is 196 g/mol. The van der Waals surface area contributed by atoms with Gasteiger partial charge in [0, 0.05) is 0 Å². The highest BCUT2D eigenvalue weighted by Crippen LogP contribution is 2.20. The molecule has 3 nitrogen and oxygen atoms in total. The molecule has 0 spiro atoms. The Balaban J connectivity index is 2.74. The van der Waals surface area contributed by atoms with Gasteiger partial charge in [0.1, 0.15) is 5.75 Å². The van der Waals surface area contributed by atoms with Crippen molar-refractivity contribution in [3.05, 3.63) is 30.3 Å². The quantitative estimate of drug-likeness (QED) is 0.744. The molecule has 0 bridgehead atoms. The van der Waals surface area contributed by atoms with Crippen LogP contribution in [-0.2, 0) is 0 Å². The number of aliphatic hydroxyl groups excluding tert-OH is 2. The van der Waals surface area contributed by atoms with E-state index >= 15 is 0 Å². The first kappa shape index (κ1) is 11.0. The van der Waals surface area contributed by atoms with E-state index in [9.17, 15) is 0 Å². The summed E-state index contributed by atoms with van der Waals surface area (Å²) in [4.78, 5) is 0. The van der Waals surface area contributed by atoms with E-state index < -0.39 is 5.60 Å². The van der Waals surface area contributed by atoms with Crippen molar-refractivity contribution < 1.29 is 14.9 Å². The second kappa shape index (κ2) is 4.98. The Labute approximate surface area is 84.0 Å². The van der Waals surface area contributed by atoms with E-state index in [1.54, 1.807) is 12.1 Å². The first-order chi connectivity index (χ1) is 6.76. The predicted molar refractivity (Wildman–Crippen MR) is 54.3 cm³/mol. The molecule has 2 N–H and O–H groups in total. The molecule has 1 rings (SSSR count). The lowest BCUT2D eigenvalue weighted by Gasteiger charge is -2.29. The van der Waals surface area contributed by atoms with Crippen molar-refractivity contribution in [1.82, 2.24) is 0 Å². The number of rotatable bonds is 5. The molecule has 3 heteroatoms. The molecule has 1 aromatic rings. The van der Waals surface area contributed by atoms with Crippen molar-refractivity contribution in [3.8, 4) is 5.75 Å². The third kappa shape index (κ3) is 2.47. The van der Waals surface area contributed by atoms with Gasteiger partial charge in [-0.25, -0.2) is 0 Å². The maximum absolute atomic E-state index is 9.15. The largest absolute Gasteiger partial charge is 0.482 e. The molecule has 1 aromatic carbocycles. The van der Waals surface area contributed by atoms with Crippen LogP contribution in [0.25, 0.3) is 0 Å². The van der Waals surface area contributed by atoms with Crippen LogP contribution in [0.1, 0.15) is 13.3 Å². The van der Waals surface area contributed by atoms with E-state index in [-0.39, 0.29) is 13.2 Å². The van der Waals surface area contributed by atoms with E-state index in [4.69, 9.17) is 14.9 Å². The zero-order chi connectivity index (χ0) is 10.4. The fourth-order valence-electron chi connectivity index (χ4n) is 1.15. The molecule has 0 aliphatic carbocycles. The topological polar surface area (TPSA) is 49.7 Å². The SMILES string of the molecule is CCC(CO)(CO)Oc1ccccc1. The number of para-hydroxylation sites is 1. The third-order valence-corrected chi connectivity index (χ3v) is 2.30. The van der Waals surface area contributed by atoms with Crippen molar-refractivity contribution in [2.24, 2.45) is 0 Å². The molecule has 0 aliphatic rings. The van der Waals surface area contributed by atoms with Gasteiger partial charge in [-0.3, -0.25) is 0 Å². The molecular weight excluding hydrogens is 180 g/mol. The Bertz CT molecular complexity index is 246. The lowest BCUT2D eigenvalue weighted by Crippen LogP contribution is -2.43. The normalized spacial score (nSPS) is 11.4. The van der Waals surface area contributed by atoms with Gasteiger partial charge in [-0.15, -0.1) is 0 Å². The summed E-state index contributed by atoms with van der Waals surface area (Å²) in [6, 6.07) is 9.19. The van der Waals surface area contributed by atoms with Gasteiger partial charge in [0.2, 0.25) is 0 Å². The van der Waals surface area contributed by atoms with Crippen LogP contribution in [-0.4, -0.2) is 29.0 Å². The Morgan fingerprint density at radius 3 is 2.14 bits per heavy atom. The van der Waals surface area contributed by atoms with Crippen molar-refractivity contribution in [3.63, 3.8) is 0 Å². The van der Waals surface area contributed by atoms with Gasteiger partial charge in [-0.1, -0.05) is 25.1 Å². The van der Waals surface area contributed by atoms with Gasteiger partial charge in [0.25, 0.3) is 0 Å². The van der Waals surface area contributed by atoms with Crippen molar-refractivity contribution in [1.29, 1.82) is 0 Å². The van der Waals surface area contributed by atoms with Crippen LogP contribution in [0.15, 0.2) is 30.3 Å². The molecule has 0 saturated heterocycles. The molecule has 0 unspecified atom stereocenters. The third-order valence-electron chi connectivity index (χ3n) is 2.30. The summed E-state index contributed by atoms with van der Waals surface area (Å²) in [5.41, 5.74) is -0.860. The van der Waals surface area contributed by atoms with Crippen LogP contribution in [0.5, 0.6) is 5.75 Å². The van der Waals surface area contributed by atoms with Crippen LogP contribution in [0.2, 0.25) is 0 Å². The Morgan fingerprint density at radius 1 is 1.14 bits per heavy atom. The molecule has 0 radical (unpaired) electrons. The van der Waals surface area contributed by atoms with E-state index in [1.165, 1.54) is 0 Å². The van der Waals surface area contributed by atoms with Crippen molar-refractivity contribution in [2.75, 3.05) is 13.2 Å². The Morgan fingerprint density at radius 2 is 1.71 bits per heavy atom. The van der Waals surface area contributed by atoms with E-state index in [0.29, 0.717) is 12.2 Å². The van der Waals surface area contributed by atoms with Gasteiger partial charge in [0.15, 0.2) is 5.60 Å². The molecule has 0 fully saturated rings. The number of hydrogen-bond acceptors (Lipinski definition) is 3. The zero-order valence-electron chi connectivity index (χ0n) is 8.31. The summed E-state index contributed by atoms with van der Waals surface area (Å²) in [5.74, 6) is 0.664. The summed E-state index contributed by atoms with van der Waals surface area (Å²) >= 11 is 0. The molecule has 0 heterocycles. The average molecular weight is 196 g/mol. The molecule has 0 saturated carbocycles. The highest BCUT2D eigenvalue weighted by atomic mass is 16.5. The summed E-state index contributed by atoms with van der Waals surface area (Å²) in [6.07, 6.45) is 0.564. The number of benzene rings is 1. The second-order valence-electron chi connectivity index (χ2n) is 3.27. The zero-order valence-corrected chi connectivity index (χ0v) is 8.31. The van der Waals surface area contributed by atoms with Gasteiger partial charge in [-0.2, -0.15) is 0 Å². The van der Waals surface area contributed by atoms with E-state index in [0.717, 1.165) is 0 Å². The molecule has 0 aliphatic heterocycles. The summed E-state index contributed by atoms with van der Waals surface area (Å²) in [7, 11) is 0. The summed E-state index contributed by atoms with van der Waals surface area (Å²) < 4.78 is 5.55. The molecular formula is C11H16O3. The highest BCUT2D eigenvalue weighted by molar-refractivity contribution is 5.22. The van der Waals surface area contributed by atoms with E-state index in [1.807, 2.05) is 25.1 Å². The lowest BCUT2D eigenvalue weighted by atomic mass is 10.0. The average Bonchev–Trinajstić information content (AvgIpc) is 2.28. The summed E-state index contributed by atoms with van der Waals surface area (Å²) in [5, 5.41) is 18.3. The van der Waals surface area contributed by atoms with Crippen LogP contribution in [0.4, 0.5) is 0 Å². The molecule has 14 heavy (non-hydrogen) atoms. The number of ether oxygens (including phenoxy) is 1. The lowest BCUT2D eigenvalue weighted by molar-refractivity contribution is -0.0362. The van der Waals surface area contributed by atoms with Crippen molar-refractivity contribution >= 4 is 0 Å². The first-order valence-corrected chi connectivity index (χ1v) is 4.72. The maximum atomic E-state index is 9.15. The van der Waals surface area contributed by atoms with Crippen LogP contribution in [0.3, 0.4) is 0 Å². The first-order valence-electron chi connectivity index (χ1n) is 4.72. The number of aliphatic hydroxyl groups is 2. The van der Waals surface area contributed by atoms with Crippen LogP contribution >= 0.6 is 0 Å².